The Labute approximate surface area is 235 Å². The van der Waals surface area contributed by atoms with E-state index in [1.165, 1.54) is 4.88 Å². The Morgan fingerprint density at radius 1 is 1.10 bits per heavy atom. The van der Waals surface area contributed by atoms with Crippen LogP contribution in [-0.2, 0) is 22.6 Å². The van der Waals surface area contributed by atoms with Crippen LogP contribution >= 0.6 is 24.2 Å². The van der Waals surface area contributed by atoms with Gasteiger partial charge in [-0.05, 0) is 18.6 Å². The fourth-order valence-corrected chi connectivity index (χ4v) is 6.46. The summed E-state index contributed by atoms with van der Waals surface area (Å²) in [4.78, 5) is 27.7. The zero-order valence-corrected chi connectivity index (χ0v) is 23.3. The molecular weight excluding hydrogens is 536 g/mol. The van der Waals surface area contributed by atoms with Crippen molar-refractivity contribution in [3.05, 3.63) is 35.3 Å². The standard InChI is InChI=1S/C26H32N8O3S2/c35-23(30-36)5-2-6-33-17-20-19(3-1-4-21(20)29-33)25-27-22-15-18(16-31-7-9-34(38)10-8-31)39-24(22)26(28-25)32-11-13-37-14-12-32/h1,3-4,15,17,36,38H,2,5-14,16H2,(H,30,35). The van der Waals surface area contributed by atoms with Crippen molar-refractivity contribution in [3.8, 4) is 11.4 Å². The Morgan fingerprint density at radius 3 is 2.72 bits per heavy atom. The molecule has 5 heterocycles. The topological polar surface area (TPSA) is 112 Å². The Balaban J connectivity index is 1.35. The molecule has 2 N–H and O–H groups in total. The fraction of sp³-hybridized carbons (Fsp3) is 0.462. The van der Waals surface area contributed by atoms with Gasteiger partial charge in [-0.15, -0.1) is 11.3 Å². The Hall–Kier alpha value is -2.81. The Morgan fingerprint density at radius 2 is 1.92 bits per heavy atom. The second-order valence-electron chi connectivity index (χ2n) is 9.90. The molecule has 206 valence electrons. The number of fused-ring (bicyclic) bond motifs is 2. The van der Waals surface area contributed by atoms with Gasteiger partial charge in [-0.1, -0.05) is 24.9 Å². The highest BCUT2D eigenvalue weighted by molar-refractivity contribution is 7.77. The number of hydrogen-bond donors (Lipinski definition) is 3. The Kier molecular flexibility index (Phi) is 7.95. The second-order valence-corrected chi connectivity index (χ2v) is 11.6. The maximum absolute atomic E-state index is 11.4. The quantitative estimate of drug-likeness (QED) is 0.168. The number of hydroxylamine groups is 1. The van der Waals surface area contributed by atoms with Crippen molar-refractivity contribution >= 4 is 57.0 Å². The highest BCUT2D eigenvalue weighted by Crippen LogP contribution is 2.36. The van der Waals surface area contributed by atoms with E-state index >= 15 is 0 Å². The van der Waals surface area contributed by atoms with E-state index in [1.54, 1.807) is 16.8 Å². The van der Waals surface area contributed by atoms with Crippen molar-refractivity contribution in [1.29, 1.82) is 0 Å². The first-order valence-corrected chi connectivity index (χ1v) is 14.5. The highest BCUT2D eigenvalue weighted by Gasteiger charge is 2.22. The monoisotopic (exact) mass is 568 g/mol. The summed E-state index contributed by atoms with van der Waals surface area (Å²) in [6, 6.07) is 8.22. The van der Waals surface area contributed by atoms with Gasteiger partial charge < -0.3 is 9.64 Å². The van der Waals surface area contributed by atoms with E-state index in [1.807, 2.05) is 29.1 Å². The van der Waals surface area contributed by atoms with Gasteiger partial charge in [0.1, 0.15) is 0 Å². The summed E-state index contributed by atoms with van der Waals surface area (Å²) in [5.41, 5.74) is 4.43. The lowest BCUT2D eigenvalue weighted by molar-refractivity contribution is -0.129. The number of aryl methyl sites for hydroxylation is 1. The van der Waals surface area contributed by atoms with Gasteiger partial charge >= 0.3 is 0 Å². The lowest BCUT2D eigenvalue weighted by atomic mass is 10.1. The van der Waals surface area contributed by atoms with E-state index < -0.39 is 5.91 Å². The summed E-state index contributed by atoms with van der Waals surface area (Å²) in [6.45, 7) is 8.36. The molecule has 0 spiro atoms. The predicted octanol–water partition coefficient (Wildman–Crippen LogP) is 2.79. The molecule has 0 bridgehead atoms. The number of aromatic nitrogens is 4. The van der Waals surface area contributed by atoms with E-state index in [-0.39, 0.29) is 6.42 Å². The predicted molar refractivity (Wildman–Crippen MR) is 154 cm³/mol. The molecule has 13 heteroatoms. The van der Waals surface area contributed by atoms with Crippen LogP contribution in [0.1, 0.15) is 17.7 Å². The van der Waals surface area contributed by atoms with Gasteiger partial charge in [-0.2, -0.15) is 5.10 Å². The molecule has 2 fully saturated rings. The van der Waals surface area contributed by atoms with Crippen LogP contribution in [0.15, 0.2) is 30.5 Å². The summed E-state index contributed by atoms with van der Waals surface area (Å²) in [7, 11) is 0. The number of thiol groups is 1. The fourth-order valence-electron chi connectivity index (χ4n) is 5.13. The van der Waals surface area contributed by atoms with Gasteiger partial charge in [0.15, 0.2) is 11.6 Å². The highest BCUT2D eigenvalue weighted by atomic mass is 32.1. The van der Waals surface area contributed by atoms with Crippen molar-refractivity contribution in [2.24, 2.45) is 0 Å². The number of carbonyl (C=O) groups excluding carboxylic acids is 1. The number of nitrogens with one attached hydrogen (secondary N) is 1. The minimum absolute atomic E-state index is 0.229. The van der Waals surface area contributed by atoms with Crippen LogP contribution in [-0.4, -0.2) is 92.6 Å². The lowest BCUT2D eigenvalue weighted by Crippen LogP contribution is -2.41. The maximum Gasteiger partial charge on any atom is 0.243 e. The van der Waals surface area contributed by atoms with E-state index in [4.69, 9.17) is 25.0 Å². The van der Waals surface area contributed by atoms with Crippen molar-refractivity contribution in [1.82, 2.24) is 34.4 Å². The third kappa shape index (κ3) is 5.88. The number of amides is 1. The van der Waals surface area contributed by atoms with Crippen LogP contribution < -0.4 is 10.4 Å². The van der Waals surface area contributed by atoms with E-state index in [0.29, 0.717) is 32.0 Å². The number of thiophene rings is 1. The maximum atomic E-state index is 11.4. The Bertz CT molecular complexity index is 1460. The summed E-state index contributed by atoms with van der Waals surface area (Å²) in [5, 5.41) is 14.4. The lowest BCUT2D eigenvalue weighted by Gasteiger charge is -2.31. The SMILES string of the molecule is O=C(CCCn1cc2c(-c3nc(N4CCOCC4)c4sc(CN5CCN(S)CC5)cc4n3)cccc2n1)NO. The van der Waals surface area contributed by atoms with Crippen LogP contribution in [0.3, 0.4) is 0 Å². The van der Waals surface area contributed by atoms with E-state index in [9.17, 15) is 4.79 Å². The zero-order valence-electron chi connectivity index (χ0n) is 21.6. The van der Waals surface area contributed by atoms with Crippen LogP contribution in [0.2, 0.25) is 0 Å². The number of anilines is 1. The number of carbonyl (C=O) groups is 1. The van der Waals surface area contributed by atoms with Gasteiger partial charge in [0.25, 0.3) is 0 Å². The molecule has 3 aromatic heterocycles. The molecule has 2 saturated heterocycles. The average Bonchev–Trinajstić information content (AvgIpc) is 3.57. The molecule has 4 aromatic rings. The minimum atomic E-state index is -0.399. The third-order valence-electron chi connectivity index (χ3n) is 7.20. The molecule has 11 nitrogen and oxygen atoms in total. The van der Waals surface area contributed by atoms with Gasteiger partial charge in [-0.3, -0.25) is 23.9 Å². The molecule has 1 amide bonds. The van der Waals surface area contributed by atoms with Crippen LogP contribution in [0, 0.1) is 0 Å². The molecule has 1 aromatic carbocycles. The molecule has 0 aliphatic carbocycles. The third-order valence-corrected chi connectivity index (χ3v) is 8.70. The normalized spacial score (nSPS) is 17.3. The van der Waals surface area contributed by atoms with Crippen LogP contribution in [0.25, 0.3) is 32.5 Å². The molecule has 6 rings (SSSR count). The first kappa shape index (κ1) is 26.4. The summed E-state index contributed by atoms with van der Waals surface area (Å²) < 4.78 is 10.7. The molecule has 39 heavy (non-hydrogen) atoms. The number of benzene rings is 1. The number of ether oxygens (including phenoxy) is 1. The first-order valence-electron chi connectivity index (χ1n) is 13.3. The van der Waals surface area contributed by atoms with Gasteiger partial charge in [0.05, 0.1) is 28.9 Å². The summed E-state index contributed by atoms with van der Waals surface area (Å²) >= 11 is 6.27. The number of morpholine rings is 1. The molecule has 0 radical (unpaired) electrons. The number of rotatable bonds is 8. The number of nitrogens with zero attached hydrogens (tertiary/aromatic N) is 7. The van der Waals surface area contributed by atoms with E-state index in [0.717, 1.165) is 78.3 Å². The van der Waals surface area contributed by atoms with Crippen molar-refractivity contribution in [2.75, 3.05) is 57.4 Å². The molecule has 0 unspecified atom stereocenters. The molecular formula is C26H32N8O3S2. The van der Waals surface area contributed by atoms with Crippen molar-refractivity contribution in [3.63, 3.8) is 0 Å². The molecule has 0 atom stereocenters. The van der Waals surface area contributed by atoms with E-state index in [2.05, 4.69) is 33.0 Å². The average molecular weight is 569 g/mol. The molecule has 2 aliphatic rings. The molecule has 0 saturated carbocycles. The first-order chi connectivity index (χ1) is 19.1. The smallest absolute Gasteiger partial charge is 0.243 e. The number of piperazine rings is 1. The minimum Gasteiger partial charge on any atom is -0.378 e. The van der Waals surface area contributed by atoms with Crippen molar-refractivity contribution < 1.29 is 14.7 Å². The van der Waals surface area contributed by atoms with Gasteiger partial charge in [-0.25, -0.2) is 15.4 Å². The molecule has 2 aliphatic heterocycles. The number of hydrogen-bond acceptors (Lipinski definition) is 11. The summed E-state index contributed by atoms with van der Waals surface area (Å²) in [5.74, 6) is 1.25. The van der Waals surface area contributed by atoms with Crippen molar-refractivity contribution in [2.45, 2.75) is 25.9 Å². The van der Waals surface area contributed by atoms with Crippen LogP contribution in [0.4, 0.5) is 5.82 Å². The zero-order chi connectivity index (χ0) is 26.8. The summed E-state index contributed by atoms with van der Waals surface area (Å²) in [6.07, 6.45) is 2.79. The van der Waals surface area contributed by atoms with Gasteiger partial charge in [0, 0.05) is 80.8 Å². The van der Waals surface area contributed by atoms with Gasteiger partial charge in [0.2, 0.25) is 5.91 Å². The van der Waals surface area contributed by atoms with Crippen LogP contribution in [0.5, 0.6) is 0 Å². The second kappa shape index (κ2) is 11.7. The largest absolute Gasteiger partial charge is 0.378 e.